The van der Waals surface area contributed by atoms with E-state index in [9.17, 15) is 9.18 Å². The molecule has 0 aliphatic carbocycles. The molecule has 0 aromatic heterocycles. The second-order valence-corrected chi connectivity index (χ2v) is 4.08. The van der Waals surface area contributed by atoms with E-state index in [1.54, 1.807) is 12.1 Å². The summed E-state index contributed by atoms with van der Waals surface area (Å²) in [6.45, 7) is 2.97. The van der Waals surface area contributed by atoms with E-state index in [0.29, 0.717) is 12.2 Å². The molecule has 1 aromatic carbocycles. The van der Waals surface area contributed by atoms with Crippen LogP contribution in [0, 0.1) is 5.82 Å². The lowest BCUT2D eigenvalue weighted by Gasteiger charge is -2.19. The van der Waals surface area contributed by atoms with E-state index >= 15 is 0 Å². The zero-order valence-corrected chi connectivity index (χ0v) is 9.24. The lowest BCUT2D eigenvalue weighted by Crippen LogP contribution is -2.35. The molecule has 2 rings (SSSR count). The molecular formula is C12H15FN2O. The zero-order valence-electron chi connectivity index (χ0n) is 9.24. The number of carbonyl (C=O) groups is 1. The molecule has 1 aliphatic heterocycles. The van der Waals surface area contributed by atoms with Crippen molar-refractivity contribution in [1.29, 1.82) is 0 Å². The van der Waals surface area contributed by atoms with Crippen LogP contribution in [0.25, 0.3) is 0 Å². The van der Waals surface area contributed by atoms with Crippen LogP contribution in [0.2, 0.25) is 0 Å². The summed E-state index contributed by atoms with van der Waals surface area (Å²) in [7, 11) is 0. The van der Waals surface area contributed by atoms with Gasteiger partial charge in [0, 0.05) is 26.1 Å². The Morgan fingerprint density at radius 1 is 1.50 bits per heavy atom. The fraction of sp³-hybridized carbons (Fsp3) is 0.417. The summed E-state index contributed by atoms with van der Waals surface area (Å²) in [5.74, 6) is -0.230. The van der Waals surface area contributed by atoms with Crippen LogP contribution >= 0.6 is 0 Å². The highest BCUT2D eigenvalue weighted by Crippen LogP contribution is 2.23. The molecular weight excluding hydrogens is 207 g/mol. The predicted octanol–water partition coefficient (Wildman–Crippen LogP) is 1.54. The maximum Gasteiger partial charge on any atom is 0.217 e. The smallest absolute Gasteiger partial charge is 0.217 e. The Bertz CT molecular complexity index is 394. The van der Waals surface area contributed by atoms with Crippen LogP contribution in [0.15, 0.2) is 24.3 Å². The molecule has 1 aliphatic rings. The molecule has 1 atom stereocenters. The van der Waals surface area contributed by atoms with Crippen LogP contribution in [0.4, 0.5) is 10.1 Å². The highest BCUT2D eigenvalue weighted by molar-refractivity contribution is 5.73. The molecule has 1 N–H and O–H groups in total. The molecule has 4 heteroatoms. The quantitative estimate of drug-likeness (QED) is 0.823. The van der Waals surface area contributed by atoms with E-state index < -0.39 is 0 Å². The first-order valence-corrected chi connectivity index (χ1v) is 5.43. The first-order valence-electron chi connectivity index (χ1n) is 5.43. The van der Waals surface area contributed by atoms with Crippen LogP contribution in [-0.4, -0.2) is 25.0 Å². The number of halogens is 1. The summed E-state index contributed by atoms with van der Waals surface area (Å²) in [5, 5.41) is 2.86. The highest BCUT2D eigenvalue weighted by atomic mass is 19.1. The summed E-state index contributed by atoms with van der Waals surface area (Å²) >= 11 is 0. The van der Waals surface area contributed by atoms with Crippen molar-refractivity contribution in [2.45, 2.75) is 19.4 Å². The van der Waals surface area contributed by atoms with Crippen molar-refractivity contribution in [2.24, 2.45) is 0 Å². The minimum Gasteiger partial charge on any atom is -0.367 e. The van der Waals surface area contributed by atoms with Gasteiger partial charge in [-0.05, 0) is 18.6 Å². The van der Waals surface area contributed by atoms with Gasteiger partial charge in [0.1, 0.15) is 5.82 Å². The molecule has 3 nitrogen and oxygen atoms in total. The molecule has 0 saturated carbocycles. The normalized spacial score (nSPS) is 19.9. The van der Waals surface area contributed by atoms with Gasteiger partial charge < -0.3 is 10.2 Å². The van der Waals surface area contributed by atoms with Gasteiger partial charge in [-0.1, -0.05) is 12.1 Å². The Kier molecular flexibility index (Phi) is 3.08. The monoisotopic (exact) mass is 222 g/mol. The number of para-hydroxylation sites is 1. The van der Waals surface area contributed by atoms with Gasteiger partial charge in [-0.3, -0.25) is 4.79 Å². The van der Waals surface area contributed by atoms with Crippen molar-refractivity contribution >= 4 is 11.6 Å². The van der Waals surface area contributed by atoms with Crippen molar-refractivity contribution in [3.05, 3.63) is 30.1 Å². The number of hydrogen-bond acceptors (Lipinski definition) is 2. The van der Waals surface area contributed by atoms with Crippen LogP contribution < -0.4 is 10.2 Å². The molecule has 0 bridgehead atoms. The summed E-state index contributed by atoms with van der Waals surface area (Å²) < 4.78 is 13.5. The van der Waals surface area contributed by atoms with E-state index in [0.717, 1.165) is 13.0 Å². The van der Waals surface area contributed by atoms with Gasteiger partial charge in [0.2, 0.25) is 5.91 Å². The first-order chi connectivity index (χ1) is 7.66. The third kappa shape index (κ3) is 2.32. The fourth-order valence-corrected chi connectivity index (χ4v) is 2.09. The average Bonchev–Trinajstić information content (AvgIpc) is 2.66. The van der Waals surface area contributed by atoms with Crippen molar-refractivity contribution in [3.8, 4) is 0 Å². The van der Waals surface area contributed by atoms with Crippen molar-refractivity contribution in [3.63, 3.8) is 0 Å². The maximum atomic E-state index is 13.5. The summed E-state index contributed by atoms with van der Waals surface area (Å²) in [4.78, 5) is 12.9. The van der Waals surface area contributed by atoms with Crippen LogP contribution in [0.1, 0.15) is 13.3 Å². The summed E-state index contributed by atoms with van der Waals surface area (Å²) in [6.07, 6.45) is 0.869. The van der Waals surface area contributed by atoms with Gasteiger partial charge in [-0.25, -0.2) is 4.39 Å². The van der Waals surface area contributed by atoms with Gasteiger partial charge in [-0.2, -0.15) is 0 Å². The van der Waals surface area contributed by atoms with Crippen molar-refractivity contribution < 1.29 is 9.18 Å². The molecule has 0 spiro atoms. The molecule has 1 amide bonds. The standard InChI is InChI=1S/C12H15FN2O/c1-9(16)14-10-6-7-15(8-10)12-5-3-2-4-11(12)13/h2-5,10H,6-8H2,1H3,(H,14,16). The fourth-order valence-electron chi connectivity index (χ4n) is 2.09. The SMILES string of the molecule is CC(=O)NC1CCN(c2ccccc2F)C1. The third-order valence-electron chi connectivity index (χ3n) is 2.79. The predicted molar refractivity (Wildman–Crippen MR) is 60.8 cm³/mol. The number of amides is 1. The molecule has 1 aromatic rings. The summed E-state index contributed by atoms with van der Waals surface area (Å²) in [5.41, 5.74) is 0.621. The Hall–Kier alpha value is -1.58. The summed E-state index contributed by atoms with van der Waals surface area (Å²) in [6, 6.07) is 6.87. The van der Waals surface area contributed by atoms with Crippen LogP contribution in [0.5, 0.6) is 0 Å². The number of nitrogens with zero attached hydrogens (tertiary/aromatic N) is 1. The molecule has 1 heterocycles. The van der Waals surface area contributed by atoms with E-state index in [1.807, 2.05) is 11.0 Å². The largest absolute Gasteiger partial charge is 0.367 e. The minimum absolute atomic E-state index is 0.0274. The van der Waals surface area contributed by atoms with Gasteiger partial charge in [0.15, 0.2) is 0 Å². The number of rotatable bonds is 2. The molecule has 1 saturated heterocycles. The molecule has 1 fully saturated rings. The van der Waals surface area contributed by atoms with Crippen LogP contribution in [-0.2, 0) is 4.79 Å². The van der Waals surface area contributed by atoms with Crippen molar-refractivity contribution in [2.75, 3.05) is 18.0 Å². The number of nitrogens with one attached hydrogen (secondary N) is 1. The number of carbonyl (C=O) groups excluding carboxylic acids is 1. The average molecular weight is 222 g/mol. The van der Waals surface area contributed by atoms with E-state index in [-0.39, 0.29) is 17.8 Å². The van der Waals surface area contributed by atoms with Gasteiger partial charge in [0.25, 0.3) is 0 Å². The number of benzene rings is 1. The minimum atomic E-state index is -0.203. The Labute approximate surface area is 94.3 Å². The van der Waals surface area contributed by atoms with Gasteiger partial charge >= 0.3 is 0 Å². The molecule has 0 radical (unpaired) electrons. The Balaban J connectivity index is 2.04. The van der Waals surface area contributed by atoms with Crippen LogP contribution in [0.3, 0.4) is 0 Å². The lowest BCUT2D eigenvalue weighted by atomic mass is 10.2. The third-order valence-corrected chi connectivity index (χ3v) is 2.79. The number of anilines is 1. The van der Waals surface area contributed by atoms with Gasteiger partial charge in [-0.15, -0.1) is 0 Å². The maximum absolute atomic E-state index is 13.5. The highest BCUT2D eigenvalue weighted by Gasteiger charge is 2.24. The van der Waals surface area contributed by atoms with Gasteiger partial charge in [0.05, 0.1) is 5.69 Å². The van der Waals surface area contributed by atoms with E-state index in [2.05, 4.69) is 5.32 Å². The Morgan fingerprint density at radius 3 is 2.94 bits per heavy atom. The molecule has 16 heavy (non-hydrogen) atoms. The Morgan fingerprint density at radius 2 is 2.25 bits per heavy atom. The second-order valence-electron chi connectivity index (χ2n) is 4.08. The first kappa shape index (κ1) is 10.9. The van der Waals surface area contributed by atoms with E-state index in [4.69, 9.17) is 0 Å². The van der Waals surface area contributed by atoms with E-state index in [1.165, 1.54) is 13.0 Å². The van der Waals surface area contributed by atoms with Crippen molar-refractivity contribution in [1.82, 2.24) is 5.32 Å². The second kappa shape index (κ2) is 4.51. The number of hydrogen-bond donors (Lipinski definition) is 1. The molecule has 1 unspecified atom stereocenters. The lowest BCUT2D eigenvalue weighted by molar-refractivity contribution is -0.119. The topological polar surface area (TPSA) is 32.3 Å². The zero-order chi connectivity index (χ0) is 11.5. The molecule has 86 valence electrons.